The molecule has 8 nitrogen and oxygen atoms in total. The number of amides is 2. The molecule has 2 fully saturated rings. The summed E-state index contributed by atoms with van der Waals surface area (Å²) < 4.78 is 2.04. The Balaban J connectivity index is 0.00000256. The zero-order valence-corrected chi connectivity index (χ0v) is 19.7. The van der Waals surface area contributed by atoms with Gasteiger partial charge in [-0.15, -0.1) is 24.0 Å². The Morgan fingerprint density at radius 2 is 1.87 bits per heavy atom. The van der Waals surface area contributed by atoms with Gasteiger partial charge in [0.25, 0.3) is 0 Å². The quantitative estimate of drug-likeness (QED) is 0.128. The van der Waals surface area contributed by atoms with E-state index in [1.54, 1.807) is 6.20 Å². The summed E-state index contributed by atoms with van der Waals surface area (Å²) in [6.07, 6.45) is 12.4. The van der Waals surface area contributed by atoms with Gasteiger partial charge in [-0.3, -0.25) is 19.5 Å². The van der Waals surface area contributed by atoms with E-state index < -0.39 is 0 Å². The number of nitrogens with one attached hydrogen (secondary N) is 2. The van der Waals surface area contributed by atoms with Gasteiger partial charge in [-0.1, -0.05) is 12.2 Å². The summed E-state index contributed by atoms with van der Waals surface area (Å²) in [5.74, 6) is 1.21. The molecule has 4 rings (SSSR count). The molecule has 1 aliphatic heterocycles. The van der Waals surface area contributed by atoms with Crippen LogP contribution in [0.3, 0.4) is 0 Å². The number of aryl methyl sites for hydroxylation is 1. The predicted octanol–water partition coefficient (Wildman–Crippen LogP) is 1.64. The monoisotopic (exact) mass is 526 g/mol. The molecule has 0 spiro atoms. The Labute approximate surface area is 194 Å². The molecular formula is C21H31IN6O2. The highest BCUT2D eigenvalue weighted by atomic mass is 127. The number of carbonyl (C=O) groups is 2. The van der Waals surface area contributed by atoms with E-state index in [4.69, 9.17) is 0 Å². The highest BCUT2D eigenvalue weighted by Gasteiger charge is 2.58. The second-order valence-corrected chi connectivity index (χ2v) is 8.02. The number of rotatable bonds is 9. The van der Waals surface area contributed by atoms with Crippen LogP contribution in [0.5, 0.6) is 0 Å². The average molecular weight is 526 g/mol. The van der Waals surface area contributed by atoms with Crippen LogP contribution < -0.4 is 10.6 Å². The zero-order chi connectivity index (χ0) is 20.2. The van der Waals surface area contributed by atoms with Gasteiger partial charge in [0.15, 0.2) is 5.96 Å². The van der Waals surface area contributed by atoms with Crippen molar-refractivity contribution in [1.82, 2.24) is 25.1 Å². The average Bonchev–Trinajstić information content (AvgIpc) is 3.49. The third kappa shape index (κ3) is 4.70. The number of hydrogen-bond acceptors (Lipinski definition) is 4. The largest absolute Gasteiger partial charge is 0.357 e. The van der Waals surface area contributed by atoms with Gasteiger partial charge in [-0.05, 0) is 38.0 Å². The van der Waals surface area contributed by atoms with Gasteiger partial charge in [0.2, 0.25) is 11.8 Å². The first kappa shape index (κ1) is 22.8. The van der Waals surface area contributed by atoms with Gasteiger partial charge in [-0.2, -0.15) is 0 Å². The molecule has 9 heteroatoms. The molecule has 4 unspecified atom stereocenters. The fourth-order valence-corrected chi connectivity index (χ4v) is 4.83. The smallest absolute Gasteiger partial charge is 0.233 e. The molecular weight excluding hydrogens is 495 g/mol. The van der Waals surface area contributed by atoms with Crippen molar-refractivity contribution in [2.45, 2.75) is 32.7 Å². The van der Waals surface area contributed by atoms with Crippen LogP contribution in [-0.4, -0.2) is 58.4 Å². The van der Waals surface area contributed by atoms with E-state index in [-0.39, 0.29) is 59.5 Å². The Bertz CT molecular complexity index is 763. The Morgan fingerprint density at radius 3 is 2.50 bits per heavy atom. The fraction of sp³-hybridized carbons (Fsp3) is 0.619. The minimum absolute atomic E-state index is 0. The third-order valence-electron chi connectivity index (χ3n) is 6.16. The first-order valence-electron chi connectivity index (χ1n) is 10.7. The number of aromatic nitrogens is 2. The summed E-state index contributed by atoms with van der Waals surface area (Å²) in [6.45, 7) is 5.58. The van der Waals surface area contributed by atoms with E-state index in [1.165, 1.54) is 4.90 Å². The highest BCUT2D eigenvalue weighted by molar-refractivity contribution is 14.0. The Kier molecular flexibility index (Phi) is 7.90. The van der Waals surface area contributed by atoms with Gasteiger partial charge in [-0.25, -0.2) is 4.98 Å². The SMILES string of the molecule is CCNC(=NCCCn1ccnc1)NCCCN1C(=O)C2C3C=CC(C3)C2C1=O.I. The number of nitrogens with zero attached hydrogens (tertiary/aromatic N) is 4. The first-order chi connectivity index (χ1) is 14.2. The molecule has 2 aliphatic carbocycles. The molecule has 2 heterocycles. The van der Waals surface area contributed by atoms with Crippen LogP contribution in [-0.2, 0) is 16.1 Å². The van der Waals surface area contributed by atoms with Crippen molar-refractivity contribution in [2.75, 3.05) is 26.2 Å². The number of carbonyl (C=O) groups excluding carboxylic acids is 2. The normalized spacial score (nSPS) is 26.8. The zero-order valence-electron chi connectivity index (χ0n) is 17.4. The number of aliphatic imine (C=N–C) groups is 1. The van der Waals surface area contributed by atoms with Gasteiger partial charge < -0.3 is 15.2 Å². The molecule has 1 aromatic heterocycles. The topological polar surface area (TPSA) is 91.6 Å². The molecule has 0 aromatic carbocycles. The molecule has 2 bridgehead atoms. The van der Waals surface area contributed by atoms with Gasteiger partial charge >= 0.3 is 0 Å². The summed E-state index contributed by atoms with van der Waals surface area (Å²) in [7, 11) is 0. The molecule has 0 radical (unpaired) electrons. The van der Waals surface area contributed by atoms with E-state index in [0.717, 1.165) is 44.9 Å². The fourth-order valence-electron chi connectivity index (χ4n) is 4.83. The number of imidazole rings is 1. The number of likely N-dealkylation sites (tertiary alicyclic amines) is 1. The van der Waals surface area contributed by atoms with Crippen LogP contribution in [0, 0.1) is 23.7 Å². The minimum atomic E-state index is -0.0974. The Morgan fingerprint density at radius 1 is 1.13 bits per heavy atom. The van der Waals surface area contributed by atoms with E-state index >= 15 is 0 Å². The summed E-state index contributed by atoms with van der Waals surface area (Å²) in [5.41, 5.74) is 0. The van der Waals surface area contributed by atoms with Crippen LogP contribution in [0.25, 0.3) is 0 Å². The van der Waals surface area contributed by atoms with Crippen LogP contribution in [0.4, 0.5) is 0 Å². The summed E-state index contributed by atoms with van der Waals surface area (Å²) in [6, 6.07) is 0. The number of imide groups is 1. The van der Waals surface area contributed by atoms with Crippen molar-refractivity contribution < 1.29 is 9.59 Å². The standard InChI is InChI=1S/C21H30N6O2.HI/c1-2-23-21(24-7-3-10-26-12-9-22-14-26)25-8-4-11-27-19(28)17-15-5-6-16(13-15)18(17)20(27)29;/h5-6,9,12,14-18H,2-4,7-8,10-11,13H2,1H3,(H2,23,24,25);1H. The lowest BCUT2D eigenvalue weighted by molar-refractivity contribution is -0.140. The van der Waals surface area contributed by atoms with Crippen molar-refractivity contribution in [3.05, 3.63) is 30.9 Å². The van der Waals surface area contributed by atoms with Gasteiger partial charge in [0.1, 0.15) is 0 Å². The lowest BCUT2D eigenvalue weighted by Gasteiger charge is -2.18. The second-order valence-electron chi connectivity index (χ2n) is 8.02. The van der Waals surface area contributed by atoms with Crippen molar-refractivity contribution in [3.63, 3.8) is 0 Å². The molecule has 1 aromatic rings. The number of hydrogen-bond donors (Lipinski definition) is 2. The van der Waals surface area contributed by atoms with Crippen molar-refractivity contribution >= 4 is 41.8 Å². The molecule has 3 aliphatic rings. The van der Waals surface area contributed by atoms with Crippen molar-refractivity contribution in [3.8, 4) is 0 Å². The first-order valence-corrected chi connectivity index (χ1v) is 10.7. The van der Waals surface area contributed by atoms with E-state index in [1.807, 2.05) is 24.0 Å². The molecule has 1 saturated carbocycles. The molecule has 1 saturated heterocycles. The third-order valence-corrected chi connectivity index (χ3v) is 6.16. The lowest BCUT2D eigenvalue weighted by Crippen LogP contribution is -2.40. The molecule has 164 valence electrons. The maximum atomic E-state index is 12.7. The predicted molar refractivity (Wildman–Crippen MR) is 125 cm³/mol. The van der Waals surface area contributed by atoms with Crippen LogP contribution >= 0.6 is 24.0 Å². The van der Waals surface area contributed by atoms with E-state index in [9.17, 15) is 9.59 Å². The van der Waals surface area contributed by atoms with E-state index in [2.05, 4.69) is 32.8 Å². The summed E-state index contributed by atoms with van der Waals surface area (Å²) in [5, 5.41) is 6.54. The Hall–Kier alpha value is -1.91. The van der Waals surface area contributed by atoms with Crippen molar-refractivity contribution in [1.29, 1.82) is 0 Å². The number of allylic oxidation sites excluding steroid dienone is 2. The second kappa shape index (κ2) is 10.4. The van der Waals surface area contributed by atoms with Crippen LogP contribution in [0.2, 0.25) is 0 Å². The maximum absolute atomic E-state index is 12.7. The molecule has 30 heavy (non-hydrogen) atoms. The summed E-state index contributed by atoms with van der Waals surface area (Å²) >= 11 is 0. The molecule has 2 N–H and O–H groups in total. The molecule has 2 amide bonds. The van der Waals surface area contributed by atoms with Gasteiger partial charge in [0.05, 0.1) is 18.2 Å². The molecule has 4 atom stereocenters. The number of guanidine groups is 1. The lowest BCUT2D eigenvalue weighted by atomic mass is 9.85. The number of halogens is 1. The van der Waals surface area contributed by atoms with Crippen molar-refractivity contribution in [2.24, 2.45) is 28.7 Å². The van der Waals surface area contributed by atoms with Crippen LogP contribution in [0.15, 0.2) is 35.9 Å². The number of fused-ring (bicyclic) bond motifs is 5. The maximum Gasteiger partial charge on any atom is 0.233 e. The van der Waals surface area contributed by atoms with E-state index in [0.29, 0.717) is 13.1 Å². The highest BCUT2D eigenvalue weighted by Crippen LogP contribution is 2.52. The van der Waals surface area contributed by atoms with Crippen LogP contribution in [0.1, 0.15) is 26.2 Å². The summed E-state index contributed by atoms with van der Waals surface area (Å²) in [4.78, 5) is 35.5. The van der Waals surface area contributed by atoms with Gasteiger partial charge in [0, 0.05) is 45.1 Å². The minimum Gasteiger partial charge on any atom is -0.357 e.